The number of H-pyrrole nitrogens is 1. The Labute approximate surface area is 210 Å². The number of benzene rings is 3. The van der Waals surface area contributed by atoms with E-state index in [1.807, 2.05) is 0 Å². The predicted octanol–water partition coefficient (Wildman–Crippen LogP) is 4.59. The molecule has 0 fully saturated rings. The molecule has 1 aromatic heterocycles. The molecule has 4 rings (SSSR count). The molecule has 11 nitrogen and oxygen atoms in total. The van der Waals surface area contributed by atoms with Crippen molar-refractivity contribution in [2.45, 2.75) is 16.7 Å². The van der Waals surface area contributed by atoms with Gasteiger partial charge in [0, 0.05) is 10.7 Å². The van der Waals surface area contributed by atoms with E-state index in [0.29, 0.717) is 11.4 Å². The minimum absolute atomic E-state index is 0.0235. The molecule has 0 radical (unpaired) electrons. The van der Waals surface area contributed by atoms with Crippen LogP contribution in [0.15, 0.2) is 97.6 Å². The van der Waals surface area contributed by atoms with Gasteiger partial charge in [0.1, 0.15) is 0 Å². The average molecular weight is 548 g/mol. The van der Waals surface area contributed by atoms with E-state index in [-0.39, 0.29) is 27.0 Å². The van der Waals surface area contributed by atoms with Crippen molar-refractivity contribution in [3.63, 3.8) is 0 Å². The lowest BCUT2D eigenvalue weighted by molar-refractivity contribution is 0.483. The van der Waals surface area contributed by atoms with Gasteiger partial charge in [0.05, 0.1) is 26.9 Å². The van der Waals surface area contributed by atoms with Crippen LogP contribution in [0.5, 0.6) is 0 Å². The fourth-order valence-electron chi connectivity index (χ4n) is 3.20. The number of para-hydroxylation sites is 1. The van der Waals surface area contributed by atoms with Gasteiger partial charge in [-0.2, -0.15) is 13.5 Å². The third-order valence-electron chi connectivity index (χ3n) is 4.87. The van der Waals surface area contributed by atoms with E-state index in [9.17, 15) is 26.2 Å². The van der Waals surface area contributed by atoms with Crippen molar-refractivity contribution >= 4 is 48.8 Å². The summed E-state index contributed by atoms with van der Waals surface area (Å²) in [5.41, 5.74) is 0.143. The first-order chi connectivity index (χ1) is 16.9. The standard InChI is InChI=1S/C22H18ClN5O6S2/c1-14-21(22(29)28(26-14)18-10-15(23)11-20(13-18)36(32,33)34)25-24-17-8-5-9-19(12-17)35(30,31)27-16-6-3-2-4-7-16/h2-13,26-27H,1H3,(H,32,33,34). The van der Waals surface area contributed by atoms with Gasteiger partial charge in [-0.05, 0) is 55.5 Å². The molecule has 3 N–H and O–H groups in total. The van der Waals surface area contributed by atoms with E-state index in [1.165, 1.54) is 30.3 Å². The van der Waals surface area contributed by atoms with Crippen LogP contribution in [-0.2, 0) is 20.1 Å². The van der Waals surface area contributed by atoms with Crippen molar-refractivity contribution in [1.82, 2.24) is 9.78 Å². The zero-order chi connectivity index (χ0) is 26.1. The van der Waals surface area contributed by atoms with Gasteiger partial charge in [-0.1, -0.05) is 35.9 Å². The summed E-state index contributed by atoms with van der Waals surface area (Å²) in [6.45, 7) is 1.55. The fourth-order valence-corrected chi connectivity index (χ4v) is 5.14. The molecule has 3 aromatic carbocycles. The Balaban J connectivity index is 1.66. The molecule has 0 atom stereocenters. The van der Waals surface area contributed by atoms with E-state index < -0.39 is 30.6 Å². The Bertz CT molecular complexity index is 1750. The smallest absolute Gasteiger partial charge is 0.293 e. The molecule has 0 unspecified atom stereocenters. The molecule has 0 aliphatic rings. The van der Waals surface area contributed by atoms with Crippen LogP contribution in [0.25, 0.3) is 5.69 Å². The molecule has 0 bridgehead atoms. The number of sulfonamides is 1. The Morgan fingerprint density at radius 1 is 0.917 bits per heavy atom. The van der Waals surface area contributed by atoms with Crippen molar-refractivity contribution in [1.29, 1.82) is 0 Å². The number of aryl methyl sites for hydroxylation is 1. The lowest BCUT2D eigenvalue weighted by Crippen LogP contribution is -2.14. The molecular formula is C22H18ClN5O6S2. The number of anilines is 1. The summed E-state index contributed by atoms with van der Waals surface area (Å²) < 4.78 is 61.2. The highest BCUT2D eigenvalue weighted by Crippen LogP contribution is 2.25. The molecule has 186 valence electrons. The second kappa shape index (κ2) is 9.70. The third kappa shape index (κ3) is 5.54. The van der Waals surface area contributed by atoms with Crippen LogP contribution < -0.4 is 10.3 Å². The van der Waals surface area contributed by atoms with Gasteiger partial charge in [0.15, 0.2) is 5.69 Å². The number of hydrogen-bond acceptors (Lipinski definition) is 7. The summed E-state index contributed by atoms with van der Waals surface area (Å²) in [7, 11) is -8.46. The summed E-state index contributed by atoms with van der Waals surface area (Å²) in [6, 6.07) is 17.5. The number of azo groups is 1. The van der Waals surface area contributed by atoms with Crippen molar-refractivity contribution in [3.8, 4) is 5.69 Å². The summed E-state index contributed by atoms with van der Waals surface area (Å²) in [5.74, 6) is 0. The van der Waals surface area contributed by atoms with Gasteiger partial charge in [-0.15, -0.1) is 5.11 Å². The van der Waals surface area contributed by atoms with Gasteiger partial charge in [0.2, 0.25) is 0 Å². The van der Waals surface area contributed by atoms with Crippen LogP contribution in [0.1, 0.15) is 5.69 Å². The lowest BCUT2D eigenvalue weighted by atomic mass is 10.3. The van der Waals surface area contributed by atoms with E-state index in [2.05, 4.69) is 20.0 Å². The van der Waals surface area contributed by atoms with Crippen LogP contribution >= 0.6 is 11.6 Å². The molecule has 0 spiro atoms. The Kier molecular flexibility index (Phi) is 6.82. The van der Waals surface area contributed by atoms with E-state index in [4.69, 9.17) is 11.6 Å². The summed E-state index contributed by atoms with van der Waals surface area (Å²) in [6.07, 6.45) is 0. The highest BCUT2D eigenvalue weighted by atomic mass is 35.5. The largest absolute Gasteiger partial charge is 0.299 e. The molecule has 36 heavy (non-hydrogen) atoms. The maximum absolute atomic E-state index is 12.9. The number of nitrogens with one attached hydrogen (secondary N) is 2. The minimum atomic E-state index is -4.56. The average Bonchev–Trinajstić information content (AvgIpc) is 3.10. The van der Waals surface area contributed by atoms with Crippen molar-refractivity contribution in [2.24, 2.45) is 10.2 Å². The number of rotatable bonds is 7. The highest BCUT2D eigenvalue weighted by molar-refractivity contribution is 7.92. The van der Waals surface area contributed by atoms with E-state index in [1.54, 1.807) is 37.3 Å². The van der Waals surface area contributed by atoms with Gasteiger partial charge < -0.3 is 0 Å². The summed E-state index contributed by atoms with van der Waals surface area (Å²) >= 11 is 5.95. The van der Waals surface area contributed by atoms with Gasteiger partial charge in [-0.25, -0.2) is 13.1 Å². The van der Waals surface area contributed by atoms with Crippen molar-refractivity contribution in [2.75, 3.05) is 4.72 Å². The van der Waals surface area contributed by atoms with Crippen molar-refractivity contribution in [3.05, 3.63) is 93.9 Å². The number of hydrogen-bond donors (Lipinski definition) is 3. The normalized spacial score (nSPS) is 12.2. The molecule has 4 aromatic rings. The topological polar surface area (TPSA) is 163 Å². The maximum Gasteiger partial charge on any atom is 0.299 e. The van der Waals surface area contributed by atoms with E-state index >= 15 is 0 Å². The van der Waals surface area contributed by atoms with Crippen LogP contribution in [-0.4, -0.2) is 31.2 Å². The van der Waals surface area contributed by atoms with E-state index in [0.717, 1.165) is 16.8 Å². The minimum Gasteiger partial charge on any atom is -0.293 e. The number of halogens is 1. The highest BCUT2D eigenvalue weighted by Gasteiger charge is 2.18. The van der Waals surface area contributed by atoms with Crippen LogP contribution in [0.2, 0.25) is 5.02 Å². The number of nitrogens with zero attached hydrogens (tertiary/aromatic N) is 3. The molecule has 0 aliphatic carbocycles. The molecule has 0 saturated carbocycles. The van der Waals surface area contributed by atoms with Crippen LogP contribution in [0.3, 0.4) is 0 Å². The van der Waals surface area contributed by atoms with Gasteiger partial charge in [-0.3, -0.25) is 19.2 Å². The SMILES string of the molecule is Cc1[nH]n(-c2cc(Cl)cc(S(=O)(=O)O)c2)c(=O)c1N=Nc1cccc(S(=O)(=O)Nc2ccccc2)c1. The third-order valence-corrected chi connectivity index (χ3v) is 7.30. The maximum atomic E-state index is 12.9. The zero-order valence-electron chi connectivity index (χ0n) is 18.5. The summed E-state index contributed by atoms with van der Waals surface area (Å²) in [4.78, 5) is 12.4. The molecule has 0 aliphatic heterocycles. The molecular weight excluding hydrogens is 530 g/mol. The number of aromatic amines is 1. The molecule has 0 saturated heterocycles. The van der Waals surface area contributed by atoms with Gasteiger partial charge in [0.25, 0.3) is 25.7 Å². The Morgan fingerprint density at radius 3 is 2.33 bits per heavy atom. The Hall–Kier alpha value is -3.78. The first-order valence-corrected chi connectivity index (χ1v) is 13.4. The first kappa shape index (κ1) is 25.3. The fraction of sp³-hybridized carbons (Fsp3) is 0.0455. The zero-order valence-corrected chi connectivity index (χ0v) is 20.8. The molecule has 1 heterocycles. The second-order valence-electron chi connectivity index (χ2n) is 7.52. The van der Waals surface area contributed by atoms with Crippen molar-refractivity contribution < 1.29 is 21.4 Å². The number of aromatic nitrogens is 2. The van der Waals surface area contributed by atoms with Crippen LogP contribution in [0, 0.1) is 6.92 Å². The monoisotopic (exact) mass is 547 g/mol. The quantitative estimate of drug-likeness (QED) is 0.226. The van der Waals surface area contributed by atoms with Crippen LogP contribution in [0.4, 0.5) is 17.1 Å². The summed E-state index contributed by atoms with van der Waals surface area (Å²) in [5, 5.41) is 10.7. The predicted molar refractivity (Wildman–Crippen MR) is 134 cm³/mol. The Morgan fingerprint density at radius 2 is 1.64 bits per heavy atom. The molecule has 14 heteroatoms. The second-order valence-corrected chi connectivity index (χ2v) is 11.1. The lowest BCUT2D eigenvalue weighted by Gasteiger charge is -2.08. The molecule has 0 amide bonds. The van der Waals surface area contributed by atoms with Gasteiger partial charge >= 0.3 is 0 Å². The first-order valence-electron chi connectivity index (χ1n) is 10.1.